The van der Waals surface area contributed by atoms with Crippen LogP contribution in [0.25, 0.3) is 0 Å². The van der Waals surface area contributed by atoms with Crippen LogP contribution >= 0.6 is 11.8 Å². The average molecular weight is 203 g/mol. The Morgan fingerprint density at radius 3 is 2.38 bits per heavy atom. The van der Waals surface area contributed by atoms with Gasteiger partial charge in [-0.2, -0.15) is 0 Å². The molecule has 0 unspecified atom stereocenters. The highest BCUT2D eigenvalue weighted by atomic mass is 32.2. The third-order valence-electron chi connectivity index (χ3n) is 1.72. The van der Waals surface area contributed by atoms with E-state index in [-0.39, 0.29) is 5.56 Å². The fraction of sp³-hybridized carbons (Fsp3) is 0.333. The fourth-order valence-electron chi connectivity index (χ4n) is 1.13. The topological polar surface area (TPSA) is 26.0 Å². The third kappa shape index (κ3) is 2.12. The second-order valence-electron chi connectivity index (χ2n) is 2.82. The Bertz CT molecular complexity index is 307. The monoisotopic (exact) mass is 203 g/mol. The number of hydrogen-bond acceptors (Lipinski definition) is 2. The van der Waals surface area contributed by atoms with Crippen LogP contribution in [0.1, 0.15) is 12.5 Å². The number of thioether (sulfide) groups is 1. The minimum atomic E-state index is -2.83. The number of benzene rings is 1. The molecule has 0 radical (unpaired) electrons. The van der Waals surface area contributed by atoms with Gasteiger partial charge in [0.25, 0.3) is 5.92 Å². The van der Waals surface area contributed by atoms with Gasteiger partial charge in [0.05, 0.1) is 0 Å². The maximum Gasteiger partial charge on any atom is 0.271 e. The highest BCUT2D eigenvalue weighted by Crippen LogP contribution is 2.37. The van der Waals surface area contributed by atoms with Gasteiger partial charge in [-0.15, -0.1) is 11.8 Å². The summed E-state index contributed by atoms with van der Waals surface area (Å²) in [4.78, 5) is 0.468. The van der Waals surface area contributed by atoms with E-state index < -0.39 is 5.92 Å². The van der Waals surface area contributed by atoms with Crippen LogP contribution < -0.4 is 5.73 Å². The molecule has 0 aromatic heterocycles. The summed E-state index contributed by atoms with van der Waals surface area (Å²) in [6, 6.07) is 4.57. The molecule has 1 rings (SSSR count). The Morgan fingerprint density at radius 1 is 1.38 bits per heavy atom. The maximum atomic E-state index is 13.0. The molecule has 1 nitrogen and oxygen atoms in total. The molecule has 72 valence electrons. The first-order valence-corrected chi connectivity index (χ1v) is 5.00. The molecule has 0 aliphatic rings. The van der Waals surface area contributed by atoms with Gasteiger partial charge in [-0.3, -0.25) is 0 Å². The summed E-state index contributed by atoms with van der Waals surface area (Å²) < 4.78 is 26.0. The lowest BCUT2D eigenvalue weighted by atomic mass is 10.1. The second-order valence-corrected chi connectivity index (χ2v) is 3.63. The zero-order valence-electron chi connectivity index (χ0n) is 7.47. The number of halogens is 2. The van der Waals surface area contributed by atoms with Gasteiger partial charge in [-0.1, -0.05) is 12.1 Å². The van der Waals surface area contributed by atoms with E-state index in [1.807, 2.05) is 0 Å². The predicted octanol–water partition coefficient (Wildman–Crippen LogP) is 3.10. The van der Waals surface area contributed by atoms with Gasteiger partial charge in [-0.05, 0) is 12.3 Å². The van der Waals surface area contributed by atoms with Crippen LogP contribution in [-0.4, -0.2) is 6.26 Å². The molecule has 0 fully saturated rings. The lowest BCUT2D eigenvalue weighted by Gasteiger charge is -2.15. The van der Waals surface area contributed by atoms with Crippen molar-refractivity contribution >= 4 is 17.4 Å². The summed E-state index contributed by atoms with van der Waals surface area (Å²) in [6.45, 7) is 0.876. The van der Waals surface area contributed by atoms with E-state index in [4.69, 9.17) is 5.73 Å². The van der Waals surface area contributed by atoms with Crippen LogP contribution in [0.2, 0.25) is 0 Å². The minimum absolute atomic E-state index is 0.000000000000000222. The number of rotatable bonds is 2. The highest BCUT2D eigenvalue weighted by molar-refractivity contribution is 7.98. The van der Waals surface area contributed by atoms with Crippen molar-refractivity contribution in [3.05, 3.63) is 23.8 Å². The molecular weight excluding hydrogens is 192 g/mol. The molecule has 1 aromatic carbocycles. The summed E-state index contributed by atoms with van der Waals surface area (Å²) in [5.41, 5.74) is 5.98. The van der Waals surface area contributed by atoms with Crippen LogP contribution in [0.15, 0.2) is 23.1 Å². The molecular formula is C9H11F2NS. The summed E-state index contributed by atoms with van der Waals surface area (Å²) in [6.07, 6.45) is 1.74. The number of anilines is 1. The molecule has 0 aliphatic carbocycles. The Labute approximate surface area is 80.3 Å². The number of nitrogens with two attached hydrogens (primary N) is 1. The highest BCUT2D eigenvalue weighted by Gasteiger charge is 2.27. The maximum absolute atomic E-state index is 13.0. The molecule has 0 atom stereocenters. The van der Waals surface area contributed by atoms with E-state index in [2.05, 4.69) is 0 Å². The van der Waals surface area contributed by atoms with E-state index in [0.29, 0.717) is 10.6 Å². The molecule has 0 bridgehead atoms. The predicted molar refractivity (Wildman–Crippen MR) is 52.2 cm³/mol. The van der Waals surface area contributed by atoms with E-state index in [0.717, 1.165) is 6.92 Å². The van der Waals surface area contributed by atoms with Crippen molar-refractivity contribution in [2.75, 3.05) is 12.0 Å². The van der Waals surface area contributed by atoms with Gasteiger partial charge < -0.3 is 5.73 Å². The molecule has 0 saturated heterocycles. The Balaban J connectivity index is 3.29. The van der Waals surface area contributed by atoms with Crippen molar-refractivity contribution in [2.45, 2.75) is 17.7 Å². The van der Waals surface area contributed by atoms with Gasteiger partial charge >= 0.3 is 0 Å². The zero-order chi connectivity index (χ0) is 10.1. The van der Waals surface area contributed by atoms with Crippen molar-refractivity contribution in [1.29, 1.82) is 0 Å². The summed E-state index contributed by atoms with van der Waals surface area (Å²) >= 11 is 1.24. The van der Waals surface area contributed by atoms with Crippen LogP contribution in [0.3, 0.4) is 0 Å². The van der Waals surface area contributed by atoms with Crippen LogP contribution in [0.5, 0.6) is 0 Å². The van der Waals surface area contributed by atoms with E-state index in [9.17, 15) is 8.78 Å². The normalized spacial score (nSPS) is 11.7. The van der Waals surface area contributed by atoms with Gasteiger partial charge in [0.15, 0.2) is 0 Å². The Kier molecular flexibility index (Phi) is 2.81. The Morgan fingerprint density at radius 2 is 2.00 bits per heavy atom. The van der Waals surface area contributed by atoms with Crippen molar-refractivity contribution < 1.29 is 8.78 Å². The molecule has 1 aromatic rings. The summed E-state index contributed by atoms with van der Waals surface area (Å²) in [5, 5.41) is 0. The zero-order valence-corrected chi connectivity index (χ0v) is 8.29. The van der Waals surface area contributed by atoms with Crippen molar-refractivity contribution in [1.82, 2.24) is 0 Å². The quantitative estimate of drug-likeness (QED) is 0.590. The van der Waals surface area contributed by atoms with Crippen molar-refractivity contribution in [3.8, 4) is 0 Å². The molecule has 0 amide bonds. The smallest absolute Gasteiger partial charge is 0.271 e. The summed E-state index contributed by atoms with van der Waals surface area (Å²) in [7, 11) is 0. The number of hydrogen-bond donors (Lipinski definition) is 1. The Hall–Kier alpha value is -0.770. The van der Waals surface area contributed by atoms with Gasteiger partial charge in [0, 0.05) is 23.1 Å². The first-order valence-electron chi connectivity index (χ1n) is 3.77. The second kappa shape index (κ2) is 3.54. The SMILES string of the molecule is CSc1c(N)cccc1C(C)(F)F. The van der Waals surface area contributed by atoms with Gasteiger partial charge in [0.2, 0.25) is 0 Å². The van der Waals surface area contributed by atoms with Crippen molar-refractivity contribution in [3.63, 3.8) is 0 Å². The molecule has 0 saturated carbocycles. The fourth-order valence-corrected chi connectivity index (χ4v) is 1.90. The van der Waals surface area contributed by atoms with E-state index in [1.54, 1.807) is 18.4 Å². The lowest BCUT2D eigenvalue weighted by Crippen LogP contribution is -2.09. The largest absolute Gasteiger partial charge is 0.398 e. The average Bonchev–Trinajstić information content (AvgIpc) is 2.02. The van der Waals surface area contributed by atoms with E-state index >= 15 is 0 Å². The number of alkyl halides is 2. The molecule has 0 spiro atoms. The lowest BCUT2D eigenvalue weighted by molar-refractivity contribution is 0.0148. The molecule has 4 heteroatoms. The molecule has 13 heavy (non-hydrogen) atoms. The molecule has 0 heterocycles. The van der Waals surface area contributed by atoms with Crippen LogP contribution in [0.4, 0.5) is 14.5 Å². The molecule has 2 N–H and O–H groups in total. The van der Waals surface area contributed by atoms with E-state index in [1.165, 1.54) is 17.8 Å². The first-order chi connectivity index (χ1) is 5.96. The van der Waals surface area contributed by atoms with Crippen LogP contribution in [-0.2, 0) is 5.92 Å². The van der Waals surface area contributed by atoms with Gasteiger partial charge in [0.1, 0.15) is 0 Å². The number of nitrogen functional groups attached to an aromatic ring is 1. The standard InChI is InChI=1S/C9H11F2NS/c1-9(10,11)6-4-3-5-7(12)8(6)13-2/h3-5H,12H2,1-2H3. The van der Waals surface area contributed by atoms with Gasteiger partial charge in [-0.25, -0.2) is 8.78 Å². The first kappa shape index (κ1) is 10.3. The van der Waals surface area contributed by atoms with Crippen LogP contribution in [0, 0.1) is 0 Å². The molecule has 0 aliphatic heterocycles. The third-order valence-corrected chi connectivity index (χ3v) is 2.59. The minimum Gasteiger partial charge on any atom is -0.398 e. The van der Waals surface area contributed by atoms with Crippen molar-refractivity contribution in [2.24, 2.45) is 0 Å². The summed E-state index contributed by atoms with van der Waals surface area (Å²) in [5.74, 6) is -2.83.